The smallest absolute Gasteiger partial charge is 0.326 e. The number of urea groups is 1. The summed E-state index contributed by atoms with van der Waals surface area (Å²) >= 11 is 6.23. The van der Waals surface area contributed by atoms with Gasteiger partial charge >= 0.3 is 6.03 Å². The van der Waals surface area contributed by atoms with Crippen LogP contribution in [0.5, 0.6) is 11.5 Å². The van der Waals surface area contributed by atoms with Crippen molar-refractivity contribution in [1.82, 2.24) is 14.7 Å². The van der Waals surface area contributed by atoms with Gasteiger partial charge in [-0.3, -0.25) is 9.89 Å². The van der Waals surface area contributed by atoms with Crippen molar-refractivity contribution in [2.45, 2.75) is 39.3 Å². The number of methoxy groups -OCH3 is 1. The van der Waals surface area contributed by atoms with Crippen LogP contribution >= 0.6 is 11.6 Å². The van der Waals surface area contributed by atoms with Crippen molar-refractivity contribution >= 4 is 23.5 Å². The van der Waals surface area contributed by atoms with E-state index in [0.717, 1.165) is 30.6 Å². The molecule has 2 aromatic carbocycles. The van der Waals surface area contributed by atoms with Gasteiger partial charge < -0.3 is 19.3 Å². The molecule has 2 unspecified atom stereocenters. The number of rotatable bonds is 7. The van der Waals surface area contributed by atoms with E-state index in [-0.39, 0.29) is 18.1 Å². The molecule has 0 aromatic heterocycles. The zero-order valence-corrected chi connectivity index (χ0v) is 22.7. The summed E-state index contributed by atoms with van der Waals surface area (Å²) in [6.45, 7) is 9.89. The van der Waals surface area contributed by atoms with Gasteiger partial charge in [0.15, 0.2) is 0 Å². The van der Waals surface area contributed by atoms with Crippen LogP contribution in [0, 0.1) is 5.92 Å². The highest BCUT2D eigenvalue weighted by Crippen LogP contribution is 2.40. The Morgan fingerprint density at radius 3 is 2.42 bits per heavy atom. The molecule has 2 heterocycles. The van der Waals surface area contributed by atoms with Crippen LogP contribution in [0.1, 0.15) is 44.4 Å². The zero-order chi connectivity index (χ0) is 25.8. The van der Waals surface area contributed by atoms with Crippen molar-refractivity contribution in [3.05, 3.63) is 58.6 Å². The molecule has 0 bridgehead atoms. The number of carbonyl (C=O) groups excluding carboxylic acids is 1. The van der Waals surface area contributed by atoms with E-state index >= 15 is 0 Å². The fraction of sp³-hybridized carbons (Fsp3) is 0.500. The van der Waals surface area contributed by atoms with Crippen LogP contribution in [-0.2, 0) is 0 Å². The van der Waals surface area contributed by atoms with Gasteiger partial charge in [-0.1, -0.05) is 37.6 Å². The third kappa shape index (κ3) is 5.62. The summed E-state index contributed by atoms with van der Waals surface area (Å²) in [7, 11) is 3.72. The summed E-state index contributed by atoms with van der Waals surface area (Å²) in [5, 5.41) is 0.670. The minimum absolute atomic E-state index is 0.0219. The number of benzene rings is 2. The Morgan fingerprint density at radius 2 is 1.81 bits per heavy atom. The molecule has 194 valence electrons. The molecular weight excluding hydrogens is 476 g/mol. The molecule has 1 saturated heterocycles. The first-order chi connectivity index (χ1) is 17.3. The van der Waals surface area contributed by atoms with Crippen molar-refractivity contribution in [2.75, 3.05) is 46.9 Å². The summed E-state index contributed by atoms with van der Waals surface area (Å²) in [6.07, 6.45) is 0.851. The SMILES string of the molecule is CCOc1cc(OC)ccc1C1=NC(CC(C)C)C(c2ccc(Cl)cc2)N1C(=O)N1CCN(C)CC1. The first-order valence-corrected chi connectivity index (χ1v) is 13.1. The summed E-state index contributed by atoms with van der Waals surface area (Å²) < 4.78 is 11.5. The maximum Gasteiger partial charge on any atom is 0.326 e. The Bertz CT molecular complexity index is 1080. The molecule has 8 heteroatoms. The van der Waals surface area contributed by atoms with E-state index in [1.54, 1.807) is 7.11 Å². The van der Waals surface area contributed by atoms with Crippen LogP contribution < -0.4 is 9.47 Å². The van der Waals surface area contributed by atoms with Crippen molar-refractivity contribution in [1.29, 1.82) is 0 Å². The van der Waals surface area contributed by atoms with Crippen LogP contribution in [0.15, 0.2) is 47.5 Å². The first kappa shape index (κ1) is 26.3. The predicted octanol–water partition coefficient (Wildman–Crippen LogP) is 5.33. The van der Waals surface area contributed by atoms with E-state index in [9.17, 15) is 4.79 Å². The van der Waals surface area contributed by atoms with Crippen molar-refractivity contribution in [3.63, 3.8) is 0 Å². The third-order valence-corrected chi connectivity index (χ3v) is 7.04. The molecule has 2 aliphatic heterocycles. The average Bonchev–Trinajstić information content (AvgIpc) is 3.22. The number of carbonyl (C=O) groups is 1. The number of nitrogens with zero attached hydrogens (tertiary/aromatic N) is 4. The zero-order valence-electron chi connectivity index (χ0n) is 21.9. The second-order valence-electron chi connectivity index (χ2n) is 9.88. The summed E-state index contributed by atoms with van der Waals surface area (Å²) in [4.78, 5) is 25.5. The number of aliphatic imine (C=N–C) groups is 1. The lowest BCUT2D eigenvalue weighted by Gasteiger charge is -2.38. The first-order valence-electron chi connectivity index (χ1n) is 12.7. The number of hydrogen-bond acceptors (Lipinski definition) is 5. The molecule has 2 amide bonds. The van der Waals surface area contributed by atoms with E-state index in [1.165, 1.54) is 0 Å². The Morgan fingerprint density at radius 1 is 1.11 bits per heavy atom. The number of ether oxygens (including phenoxy) is 2. The molecule has 2 aliphatic rings. The molecule has 36 heavy (non-hydrogen) atoms. The van der Waals surface area contributed by atoms with Crippen LogP contribution in [-0.4, -0.2) is 79.6 Å². The molecule has 0 spiro atoms. The molecule has 1 fully saturated rings. The Labute approximate surface area is 219 Å². The standard InChI is InChI=1S/C28H37ClN4O3/c1-6-36-25-18-22(35-5)11-12-23(25)27-30-24(17-19(2)3)26(20-7-9-21(29)10-8-20)33(27)28(34)32-15-13-31(4)14-16-32/h7-12,18-19,24,26H,6,13-17H2,1-5H3. The predicted molar refractivity (Wildman–Crippen MR) is 144 cm³/mol. The number of amides is 2. The average molecular weight is 513 g/mol. The highest BCUT2D eigenvalue weighted by molar-refractivity contribution is 6.30. The number of hydrogen-bond donors (Lipinski definition) is 0. The molecule has 0 N–H and O–H groups in total. The van der Waals surface area contributed by atoms with Gasteiger partial charge in [-0.25, -0.2) is 4.79 Å². The van der Waals surface area contributed by atoms with Crippen LogP contribution in [0.2, 0.25) is 5.02 Å². The van der Waals surface area contributed by atoms with Crippen molar-refractivity contribution in [3.8, 4) is 11.5 Å². The minimum Gasteiger partial charge on any atom is -0.497 e. The number of piperazine rings is 1. The summed E-state index contributed by atoms with van der Waals surface area (Å²) in [5.41, 5.74) is 1.82. The Hall–Kier alpha value is -2.77. The topological polar surface area (TPSA) is 57.6 Å². The normalized spacial score (nSPS) is 20.6. The fourth-order valence-electron chi connectivity index (χ4n) is 4.94. The Kier molecular flexibility index (Phi) is 8.42. The lowest BCUT2D eigenvalue weighted by molar-refractivity contribution is 0.129. The number of halogens is 1. The van der Waals surface area contributed by atoms with Gasteiger partial charge in [0.2, 0.25) is 0 Å². The minimum atomic E-state index is -0.233. The van der Waals surface area contributed by atoms with E-state index < -0.39 is 0 Å². The summed E-state index contributed by atoms with van der Waals surface area (Å²) in [5.74, 6) is 2.42. The fourth-order valence-corrected chi connectivity index (χ4v) is 5.06. The molecule has 0 radical (unpaired) electrons. The van der Waals surface area contributed by atoms with Gasteiger partial charge in [0.05, 0.1) is 31.4 Å². The largest absolute Gasteiger partial charge is 0.497 e. The van der Waals surface area contributed by atoms with E-state index in [0.29, 0.717) is 48.0 Å². The maximum absolute atomic E-state index is 14.2. The quantitative estimate of drug-likeness (QED) is 0.503. The molecule has 4 rings (SSSR count). The Balaban J connectivity index is 1.83. The lowest BCUT2D eigenvalue weighted by atomic mass is 9.93. The van der Waals surface area contributed by atoms with Crippen LogP contribution in [0.3, 0.4) is 0 Å². The van der Waals surface area contributed by atoms with Gasteiger partial charge in [0.1, 0.15) is 17.3 Å². The van der Waals surface area contributed by atoms with Crippen LogP contribution in [0.4, 0.5) is 4.79 Å². The van der Waals surface area contributed by atoms with Crippen LogP contribution in [0.25, 0.3) is 0 Å². The van der Waals surface area contributed by atoms with Gasteiger partial charge in [0.25, 0.3) is 0 Å². The molecular formula is C28H37ClN4O3. The number of likely N-dealkylation sites (N-methyl/N-ethyl adjacent to an activating group) is 1. The third-order valence-electron chi connectivity index (χ3n) is 6.79. The lowest BCUT2D eigenvalue weighted by Crippen LogP contribution is -2.53. The van der Waals surface area contributed by atoms with Gasteiger partial charge in [-0.2, -0.15) is 0 Å². The van der Waals surface area contributed by atoms with E-state index in [1.807, 2.05) is 59.2 Å². The van der Waals surface area contributed by atoms with E-state index in [4.69, 9.17) is 26.1 Å². The molecule has 2 aromatic rings. The molecule has 0 saturated carbocycles. The summed E-state index contributed by atoms with van der Waals surface area (Å²) in [6, 6.07) is 13.2. The van der Waals surface area contributed by atoms with Gasteiger partial charge in [-0.05, 0) is 56.1 Å². The molecule has 7 nitrogen and oxygen atoms in total. The second kappa shape index (κ2) is 11.5. The van der Waals surface area contributed by atoms with E-state index in [2.05, 4.69) is 25.8 Å². The molecule has 2 atom stereocenters. The maximum atomic E-state index is 14.2. The van der Waals surface area contributed by atoms with Gasteiger partial charge in [0, 0.05) is 37.3 Å². The monoisotopic (exact) mass is 512 g/mol. The molecule has 0 aliphatic carbocycles. The highest BCUT2D eigenvalue weighted by Gasteiger charge is 2.44. The number of amidine groups is 1. The van der Waals surface area contributed by atoms with Crippen molar-refractivity contribution in [2.24, 2.45) is 10.9 Å². The second-order valence-corrected chi connectivity index (χ2v) is 10.3. The van der Waals surface area contributed by atoms with Crippen molar-refractivity contribution < 1.29 is 14.3 Å². The highest BCUT2D eigenvalue weighted by atomic mass is 35.5. The van der Waals surface area contributed by atoms with Gasteiger partial charge in [-0.15, -0.1) is 0 Å².